The summed E-state index contributed by atoms with van der Waals surface area (Å²) in [5.41, 5.74) is 0.568. The van der Waals surface area contributed by atoms with Crippen LogP contribution >= 0.6 is 0 Å². The van der Waals surface area contributed by atoms with Gasteiger partial charge in [0.25, 0.3) is 0 Å². The van der Waals surface area contributed by atoms with Gasteiger partial charge in [-0.1, -0.05) is 12.2 Å². The van der Waals surface area contributed by atoms with Crippen LogP contribution in [0, 0.1) is 0 Å². The van der Waals surface area contributed by atoms with Crippen molar-refractivity contribution in [3.8, 4) is 17.2 Å². The Labute approximate surface area is 150 Å². The van der Waals surface area contributed by atoms with Crippen LogP contribution in [0.2, 0.25) is 0 Å². The molecule has 0 unspecified atom stereocenters. The SMILES string of the molecule is C=CCN(CC=C)C(=O)Nc1cc(OCC)c(OCC)c(OCC)c1. The summed E-state index contributed by atoms with van der Waals surface area (Å²) < 4.78 is 17.0. The number of carbonyl (C=O) groups is 1. The van der Waals surface area contributed by atoms with Crippen molar-refractivity contribution in [1.82, 2.24) is 4.90 Å². The Morgan fingerprint density at radius 3 is 1.88 bits per heavy atom. The molecule has 0 aliphatic heterocycles. The van der Waals surface area contributed by atoms with Gasteiger partial charge in [-0.25, -0.2) is 4.79 Å². The molecule has 0 saturated heterocycles. The highest BCUT2D eigenvalue weighted by Gasteiger charge is 2.17. The van der Waals surface area contributed by atoms with Crippen LogP contribution in [0.4, 0.5) is 10.5 Å². The Balaban J connectivity index is 3.14. The predicted octanol–water partition coefficient (Wildman–Crippen LogP) is 4.09. The zero-order chi connectivity index (χ0) is 18.7. The molecule has 1 N–H and O–H groups in total. The molecule has 0 spiro atoms. The van der Waals surface area contributed by atoms with E-state index in [1.165, 1.54) is 0 Å². The topological polar surface area (TPSA) is 60.0 Å². The number of rotatable bonds is 11. The number of nitrogens with zero attached hydrogens (tertiary/aromatic N) is 1. The van der Waals surface area contributed by atoms with E-state index in [4.69, 9.17) is 14.2 Å². The summed E-state index contributed by atoms with van der Waals surface area (Å²) in [4.78, 5) is 14.0. The van der Waals surface area contributed by atoms with Crippen molar-refractivity contribution >= 4 is 11.7 Å². The van der Waals surface area contributed by atoms with Crippen molar-refractivity contribution in [2.24, 2.45) is 0 Å². The summed E-state index contributed by atoms with van der Waals surface area (Å²) in [5, 5.41) is 2.85. The lowest BCUT2D eigenvalue weighted by atomic mass is 10.2. The van der Waals surface area contributed by atoms with Crippen molar-refractivity contribution in [1.29, 1.82) is 0 Å². The summed E-state index contributed by atoms with van der Waals surface area (Å²) in [5.74, 6) is 1.60. The molecule has 0 aliphatic carbocycles. The first-order chi connectivity index (χ1) is 12.1. The third-order valence-electron chi connectivity index (χ3n) is 3.15. The third-order valence-corrected chi connectivity index (χ3v) is 3.15. The molecule has 0 heterocycles. The van der Waals surface area contributed by atoms with Gasteiger partial charge in [0.1, 0.15) is 0 Å². The maximum atomic E-state index is 12.4. The zero-order valence-electron chi connectivity index (χ0n) is 15.3. The average Bonchev–Trinajstić information content (AvgIpc) is 2.58. The fourth-order valence-corrected chi connectivity index (χ4v) is 2.22. The molecule has 0 saturated carbocycles. The van der Waals surface area contributed by atoms with Crippen LogP contribution < -0.4 is 19.5 Å². The molecule has 0 bridgehead atoms. The van der Waals surface area contributed by atoms with Gasteiger partial charge in [-0.05, 0) is 20.8 Å². The van der Waals surface area contributed by atoms with E-state index in [2.05, 4.69) is 18.5 Å². The van der Waals surface area contributed by atoms with Gasteiger partial charge in [0.15, 0.2) is 11.5 Å². The summed E-state index contributed by atoms with van der Waals surface area (Å²) in [6.45, 7) is 15.3. The molecule has 0 fully saturated rings. The minimum atomic E-state index is -0.256. The van der Waals surface area contributed by atoms with Crippen molar-refractivity contribution in [2.75, 3.05) is 38.2 Å². The number of anilines is 1. The largest absolute Gasteiger partial charge is 0.490 e. The van der Waals surface area contributed by atoms with Gasteiger partial charge in [0.05, 0.1) is 25.5 Å². The molecule has 25 heavy (non-hydrogen) atoms. The Bertz CT molecular complexity index is 550. The Morgan fingerprint density at radius 1 is 1.00 bits per heavy atom. The number of nitrogens with one attached hydrogen (secondary N) is 1. The molecule has 6 heteroatoms. The van der Waals surface area contributed by atoms with Gasteiger partial charge in [-0.15, -0.1) is 13.2 Å². The van der Waals surface area contributed by atoms with Crippen molar-refractivity contribution in [3.63, 3.8) is 0 Å². The van der Waals surface area contributed by atoms with Gasteiger partial charge in [-0.2, -0.15) is 0 Å². The second kappa shape index (κ2) is 11.0. The van der Waals surface area contributed by atoms with E-state index in [0.29, 0.717) is 55.8 Å². The molecule has 1 rings (SSSR count). The van der Waals surface area contributed by atoms with Crippen molar-refractivity contribution < 1.29 is 19.0 Å². The first-order valence-corrected chi connectivity index (χ1v) is 8.45. The smallest absolute Gasteiger partial charge is 0.322 e. The minimum absolute atomic E-state index is 0.256. The quantitative estimate of drug-likeness (QED) is 0.612. The maximum Gasteiger partial charge on any atom is 0.322 e. The first-order valence-electron chi connectivity index (χ1n) is 8.45. The van der Waals surface area contributed by atoms with Crippen LogP contribution in [0.3, 0.4) is 0 Å². The van der Waals surface area contributed by atoms with Gasteiger partial charge < -0.3 is 24.4 Å². The van der Waals surface area contributed by atoms with Gasteiger partial charge in [0.2, 0.25) is 5.75 Å². The second-order valence-electron chi connectivity index (χ2n) is 5.01. The Kier molecular flexibility index (Phi) is 9.00. The molecule has 1 aromatic carbocycles. The monoisotopic (exact) mass is 348 g/mol. The molecule has 0 aromatic heterocycles. The maximum absolute atomic E-state index is 12.4. The Morgan fingerprint density at radius 2 is 1.48 bits per heavy atom. The number of carbonyl (C=O) groups excluding carboxylic acids is 1. The van der Waals surface area contributed by atoms with Crippen LogP contribution in [0.5, 0.6) is 17.2 Å². The minimum Gasteiger partial charge on any atom is -0.490 e. The summed E-state index contributed by atoms with van der Waals surface area (Å²) in [6.07, 6.45) is 3.33. The number of urea groups is 1. The fraction of sp³-hybridized carbons (Fsp3) is 0.421. The van der Waals surface area contributed by atoms with Crippen LogP contribution in [0.15, 0.2) is 37.4 Å². The van der Waals surface area contributed by atoms with Gasteiger partial charge in [0, 0.05) is 25.2 Å². The number of amides is 2. The summed E-state index contributed by atoms with van der Waals surface area (Å²) in [7, 11) is 0. The highest BCUT2D eigenvalue weighted by molar-refractivity contribution is 5.90. The van der Waals surface area contributed by atoms with Crippen LogP contribution in [-0.4, -0.2) is 43.8 Å². The molecule has 138 valence electrons. The van der Waals surface area contributed by atoms with E-state index in [-0.39, 0.29) is 6.03 Å². The second-order valence-corrected chi connectivity index (χ2v) is 5.01. The normalized spacial score (nSPS) is 9.88. The van der Waals surface area contributed by atoms with E-state index in [1.807, 2.05) is 20.8 Å². The predicted molar refractivity (Wildman–Crippen MR) is 101 cm³/mol. The number of ether oxygens (including phenoxy) is 3. The first kappa shape index (κ1) is 20.4. The standard InChI is InChI=1S/C19H28N2O4/c1-6-11-21(12-7-2)19(22)20-15-13-16(23-8-3)18(25-10-5)17(14-15)24-9-4/h6-7,13-14H,1-2,8-12H2,3-5H3,(H,20,22). The summed E-state index contributed by atoms with van der Waals surface area (Å²) in [6, 6.07) is 3.21. The summed E-state index contributed by atoms with van der Waals surface area (Å²) >= 11 is 0. The van der Waals surface area contributed by atoms with Crippen LogP contribution in [-0.2, 0) is 0 Å². The van der Waals surface area contributed by atoms with E-state index in [9.17, 15) is 4.79 Å². The molecular weight excluding hydrogens is 320 g/mol. The number of benzene rings is 1. The lowest BCUT2D eigenvalue weighted by Gasteiger charge is -2.21. The van der Waals surface area contributed by atoms with Crippen molar-refractivity contribution in [3.05, 3.63) is 37.4 Å². The van der Waals surface area contributed by atoms with Crippen LogP contribution in [0.1, 0.15) is 20.8 Å². The molecule has 0 aliphatic rings. The number of hydrogen-bond acceptors (Lipinski definition) is 4. The van der Waals surface area contributed by atoms with E-state index >= 15 is 0 Å². The lowest BCUT2D eigenvalue weighted by Crippen LogP contribution is -2.35. The Hall–Kier alpha value is -2.63. The number of hydrogen-bond donors (Lipinski definition) is 1. The molecule has 0 atom stereocenters. The van der Waals surface area contributed by atoms with Gasteiger partial charge in [-0.3, -0.25) is 0 Å². The highest BCUT2D eigenvalue weighted by Crippen LogP contribution is 2.40. The molecule has 6 nitrogen and oxygen atoms in total. The van der Waals surface area contributed by atoms with Gasteiger partial charge >= 0.3 is 6.03 Å². The average molecular weight is 348 g/mol. The van der Waals surface area contributed by atoms with E-state index in [1.54, 1.807) is 29.2 Å². The molecular formula is C19H28N2O4. The fourth-order valence-electron chi connectivity index (χ4n) is 2.22. The van der Waals surface area contributed by atoms with Crippen LogP contribution in [0.25, 0.3) is 0 Å². The highest BCUT2D eigenvalue weighted by atomic mass is 16.5. The van der Waals surface area contributed by atoms with E-state index < -0.39 is 0 Å². The zero-order valence-corrected chi connectivity index (χ0v) is 15.3. The molecule has 0 radical (unpaired) electrons. The van der Waals surface area contributed by atoms with Crippen molar-refractivity contribution in [2.45, 2.75) is 20.8 Å². The third kappa shape index (κ3) is 6.06. The molecule has 2 amide bonds. The van der Waals surface area contributed by atoms with E-state index in [0.717, 1.165) is 0 Å². The lowest BCUT2D eigenvalue weighted by molar-refractivity contribution is 0.222. The molecule has 1 aromatic rings.